The van der Waals surface area contributed by atoms with E-state index in [1.807, 2.05) is 0 Å². The van der Waals surface area contributed by atoms with Crippen molar-refractivity contribution in [2.75, 3.05) is 14.1 Å². The molecule has 1 amide bonds. The molecule has 0 aliphatic heterocycles. The van der Waals surface area contributed by atoms with E-state index in [-0.39, 0.29) is 9.74 Å². The van der Waals surface area contributed by atoms with Crippen LogP contribution in [0.3, 0.4) is 0 Å². The van der Waals surface area contributed by atoms with Crippen LogP contribution in [0.25, 0.3) is 0 Å². The van der Waals surface area contributed by atoms with Gasteiger partial charge in [-0.2, -0.15) is 0 Å². The summed E-state index contributed by atoms with van der Waals surface area (Å²) < 4.78 is 0.238. The second kappa shape index (κ2) is 6.38. The predicted molar refractivity (Wildman–Crippen MR) is 104 cm³/mol. The quantitative estimate of drug-likeness (QED) is 0.749. The molecule has 4 fully saturated rings. The third-order valence-corrected chi connectivity index (χ3v) is 7.37. The standard InChI is InChI=1S/C21H29BrN2O/c1-24(2)13-16-5-3-15(4-6-16)12-23-19(25)20-8-17-7-18(9-20)11-21(22,10-17)14-20/h3-6,17-18H,7-14H2,1-2H3,(H,23,25). The molecule has 5 rings (SSSR count). The number of carbonyl (C=O) groups excluding carboxylic acids is 1. The zero-order chi connectivity index (χ0) is 17.7. The highest BCUT2D eigenvalue weighted by atomic mass is 79.9. The number of rotatable bonds is 5. The fraction of sp³-hybridized carbons (Fsp3) is 0.667. The Bertz CT molecular complexity index is 640. The highest BCUT2D eigenvalue weighted by Crippen LogP contribution is 2.64. The van der Waals surface area contributed by atoms with Gasteiger partial charge in [-0.25, -0.2) is 0 Å². The van der Waals surface area contributed by atoms with Gasteiger partial charge in [0.1, 0.15) is 0 Å². The van der Waals surface area contributed by atoms with Gasteiger partial charge in [0.25, 0.3) is 0 Å². The maximum absolute atomic E-state index is 13.1. The summed E-state index contributed by atoms with van der Waals surface area (Å²) in [4.78, 5) is 15.3. The summed E-state index contributed by atoms with van der Waals surface area (Å²) in [6.07, 6.45) is 7.11. The Morgan fingerprint density at radius 1 is 1.12 bits per heavy atom. The fourth-order valence-corrected chi connectivity index (χ4v) is 7.37. The van der Waals surface area contributed by atoms with Crippen molar-refractivity contribution < 1.29 is 4.79 Å². The molecule has 25 heavy (non-hydrogen) atoms. The number of hydrogen-bond acceptors (Lipinski definition) is 2. The number of nitrogens with one attached hydrogen (secondary N) is 1. The number of halogens is 1. The Morgan fingerprint density at radius 3 is 2.28 bits per heavy atom. The lowest BCUT2D eigenvalue weighted by Gasteiger charge is -2.59. The van der Waals surface area contributed by atoms with Crippen molar-refractivity contribution in [1.82, 2.24) is 10.2 Å². The first-order chi connectivity index (χ1) is 11.9. The predicted octanol–water partition coefficient (Wildman–Crippen LogP) is 4.10. The van der Waals surface area contributed by atoms with Crippen molar-refractivity contribution in [3.05, 3.63) is 35.4 Å². The van der Waals surface area contributed by atoms with Gasteiger partial charge in [0.2, 0.25) is 5.91 Å². The Morgan fingerprint density at radius 2 is 1.72 bits per heavy atom. The summed E-state index contributed by atoms with van der Waals surface area (Å²) in [7, 11) is 4.16. The van der Waals surface area contributed by atoms with E-state index in [4.69, 9.17) is 0 Å². The van der Waals surface area contributed by atoms with Crippen LogP contribution in [0.15, 0.2) is 24.3 Å². The first-order valence-electron chi connectivity index (χ1n) is 9.56. The van der Waals surface area contributed by atoms with E-state index in [1.54, 1.807) is 0 Å². The van der Waals surface area contributed by atoms with Crippen molar-refractivity contribution in [2.24, 2.45) is 17.3 Å². The monoisotopic (exact) mass is 404 g/mol. The summed E-state index contributed by atoms with van der Waals surface area (Å²) >= 11 is 4.00. The molecule has 4 heteroatoms. The topological polar surface area (TPSA) is 32.3 Å². The second-order valence-corrected chi connectivity index (χ2v) is 10.8. The largest absolute Gasteiger partial charge is 0.352 e. The van der Waals surface area contributed by atoms with Crippen molar-refractivity contribution in [3.63, 3.8) is 0 Å². The van der Waals surface area contributed by atoms with E-state index < -0.39 is 0 Å². The first-order valence-corrected chi connectivity index (χ1v) is 10.3. The zero-order valence-electron chi connectivity index (χ0n) is 15.4. The molecule has 1 N–H and O–H groups in total. The van der Waals surface area contributed by atoms with Crippen LogP contribution >= 0.6 is 15.9 Å². The third kappa shape index (κ3) is 3.52. The van der Waals surface area contributed by atoms with Crippen LogP contribution in [0.1, 0.15) is 49.7 Å². The Balaban J connectivity index is 1.39. The van der Waals surface area contributed by atoms with Gasteiger partial charge in [-0.15, -0.1) is 0 Å². The molecule has 4 bridgehead atoms. The minimum absolute atomic E-state index is 0.113. The minimum atomic E-state index is -0.113. The maximum atomic E-state index is 13.1. The van der Waals surface area contributed by atoms with Crippen LogP contribution in [0.2, 0.25) is 0 Å². The summed E-state index contributed by atoms with van der Waals surface area (Å²) in [6, 6.07) is 8.62. The normalized spacial score (nSPS) is 36.0. The summed E-state index contributed by atoms with van der Waals surface area (Å²) in [6.45, 7) is 1.60. The highest BCUT2D eigenvalue weighted by Gasteiger charge is 2.59. The molecule has 2 unspecified atom stereocenters. The van der Waals surface area contributed by atoms with Gasteiger partial charge >= 0.3 is 0 Å². The fourth-order valence-electron chi connectivity index (χ4n) is 5.91. The lowest BCUT2D eigenvalue weighted by molar-refractivity contribution is -0.144. The maximum Gasteiger partial charge on any atom is 0.226 e. The number of amides is 1. The van der Waals surface area contributed by atoms with Crippen LogP contribution < -0.4 is 5.32 Å². The van der Waals surface area contributed by atoms with Crippen molar-refractivity contribution >= 4 is 21.8 Å². The summed E-state index contributed by atoms with van der Waals surface area (Å²) in [5.74, 6) is 1.79. The van der Waals surface area contributed by atoms with Gasteiger partial charge in [-0.1, -0.05) is 40.2 Å². The van der Waals surface area contributed by atoms with Crippen LogP contribution in [0.4, 0.5) is 0 Å². The van der Waals surface area contributed by atoms with E-state index in [0.717, 1.165) is 37.6 Å². The van der Waals surface area contributed by atoms with Gasteiger partial charge in [0.15, 0.2) is 0 Å². The van der Waals surface area contributed by atoms with Gasteiger partial charge < -0.3 is 10.2 Å². The molecule has 1 aromatic rings. The molecule has 4 saturated carbocycles. The summed E-state index contributed by atoms with van der Waals surface area (Å²) in [5, 5.41) is 3.26. The Kier molecular flexibility index (Phi) is 4.48. The van der Waals surface area contributed by atoms with Gasteiger partial charge in [-0.05, 0) is 75.6 Å². The van der Waals surface area contributed by atoms with E-state index in [9.17, 15) is 4.79 Å². The number of hydrogen-bond donors (Lipinski definition) is 1. The number of carbonyl (C=O) groups is 1. The molecule has 0 spiro atoms. The number of benzene rings is 1. The Labute approximate surface area is 159 Å². The van der Waals surface area contributed by atoms with E-state index in [2.05, 4.69) is 64.5 Å². The molecule has 0 saturated heterocycles. The molecule has 4 aliphatic rings. The third-order valence-electron chi connectivity index (χ3n) is 6.45. The number of nitrogens with zero attached hydrogens (tertiary/aromatic N) is 1. The molecule has 0 aromatic heterocycles. The van der Waals surface area contributed by atoms with E-state index in [1.165, 1.54) is 30.4 Å². The van der Waals surface area contributed by atoms with Crippen LogP contribution in [-0.4, -0.2) is 29.2 Å². The zero-order valence-corrected chi connectivity index (χ0v) is 16.9. The second-order valence-electron chi connectivity index (χ2n) is 9.13. The molecule has 0 heterocycles. The van der Waals surface area contributed by atoms with E-state index >= 15 is 0 Å². The average molecular weight is 405 g/mol. The lowest BCUT2D eigenvalue weighted by atomic mass is 9.49. The van der Waals surface area contributed by atoms with Crippen molar-refractivity contribution in [1.29, 1.82) is 0 Å². The highest BCUT2D eigenvalue weighted by molar-refractivity contribution is 9.10. The van der Waals surface area contributed by atoms with Gasteiger partial charge in [-0.3, -0.25) is 4.79 Å². The summed E-state index contributed by atoms with van der Waals surface area (Å²) in [5.41, 5.74) is 2.38. The smallest absolute Gasteiger partial charge is 0.226 e. The average Bonchev–Trinajstić information content (AvgIpc) is 2.51. The van der Waals surface area contributed by atoms with Crippen LogP contribution in [0.5, 0.6) is 0 Å². The molecule has 0 radical (unpaired) electrons. The van der Waals surface area contributed by atoms with Crippen LogP contribution in [-0.2, 0) is 17.9 Å². The molecular formula is C21H29BrN2O. The van der Waals surface area contributed by atoms with Crippen LogP contribution in [0, 0.1) is 17.3 Å². The minimum Gasteiger partial charge on any atom is -0.352 e. The van der Waals surface area contributed by atoms with E-state index in [0.29, 0.717) is 12.5 Å². The molecular weight excluding hydrogens is 376 g/mol. The first kappa shape index (κ1) is 17.5. The molecule has 136 valence electrons. The van der Waals surface area contributed by atoms with Crippen molar-refractivity contribution in [3.8, 4) is 0 Å². The Hall–Kier alpha value is -0.870. The lowest BCUT2D eigenvalue weighted by Crippen LogP contribution is -2.58. The molecule has 2 atom stereocenters. The SMILES string of the molecule is CN(C)Cc1ccc(CNC(=O)C23CC4CC(CC(Br)(C4)C2)C3)cc1. The molecule has 3 nitrogen and oxygen atoms in total. The van der Waals surface area contributed by atoms with Crippen molar-refractivity contribution in [2.45, 2.75) is 55.9 Å². The molecule has 4 aliphatic carbocycles. The van der Waals surface area contributed by atoms with Gasteiger partial charge in [0, 0.05) is 17.4 Å². The van der Waals surface area contributed by atoms with Gasteiger partial charge in [0.05, 0.1) is 5.41 Å². The molecule has 1 aromatic carbocycles. The number of alkyl halides is 1.